The number of hydrogen-bond donors (Lipinski definition) is 14. The van der Waals surface area contributed by atoms with Crippen molar-refractivity contribution in [2.45, 2.75) is 293 Å². The largest absolute Gasteiger partial charge is 0.393 e. The molecule has 740 valence electrons. The van der Waals surface area contributed by atoms with Crippen molar-refractivity contribution in [2.24, 2.45) is 35.5 Å². The summed E-state index contributed by atoms with van der Waals surface area (Å²) < 4.78 is 0. The van der Waals surface area contributed by atoms with Gasteiger partial charge in [0.2, 0.25) is 65.0 Å². The van der Waals surface area contributed by atoms with Crippen LogP contribution in [0.25, 0.3) is 21.8 Å². The predicted octanol–water partition coefficient (Wildman–Crippen LogP) is 4.84. The third-order valence-corrected chi connectivity index (χ3v) is 33.3. The molecule has 2 saturated heterocycles. The van der Waals surface area contributed by atoms with Gasteiger partial charge in [0.05, 0.1) is 70.5 Å². The van der Waals surface area contributed by atoms with E-state index in [0.717, 1.165) is 33.3 Å². The normalized spacial score (nSPS) is 27.0. The minimum absolute atomic E-state index is 0.00907. The topological polar surface area (TPSA) is 526 Å². The van der Waals surface area contributed by atoms with E-state index >= 15 is 9.59 Å². The molecule has 4 bridgehead atoms. The monoisotopic (exact) mass is 1990 g/mol. The third-order valence-electron chi connectivity index (χ3n) is 26.3. The molecule has 0 saturated carbocycles. The molecule has 14 N–H and O–H groups in total. The van der Waals surface area contributed by atoms with Gasteiger partial charge in [-0.25, -0.2) is 0 Å². The second kappa shape index (κ2) is 50.8. The minimum Gasteiger partial charge on any atom is -0.393 e. The Morgan fingerprint density at radius 3 is 1.19 bits per heavy atom. The van der Waals surface area contributed by atoms with Crippen LogP contribution in [0.3, 0.4) is 0 Å². The number of Topliss-reactive ketones (excluding diaryl/α,β-unsaturated/α-hetero) is 7. The molecule has 2 fully saturated rings. The number of H-pyrrole nitrogens is 2. The molecule has 4 unspecified atom stereocenters. The van der Waals surface area contributed by atoms with Crippen LogP contribution in [-0.4, -0.2) is 296 Å². The number of carbonyl (C=O) groups excluding carboxylic acids is 18. The van der Waals surface area contributed by atoms with E-state index in [0.29, 0.717) is 103 Å². The predicted molar refractivity (Wildman–Crippen MR) is 517 cm³/mol. The zero-order valence-corrected chi connectivity index (χ0v) is 83.3. The van der Waals surface area contributed by atoms with Gasteiger partial charge in [0.1, 0.15) is 53.6 Å². The van der Waals surface area contributed by atoms with Crippen LogP contribution in [0, 0.1) is 35.5 Å². The number of nitrogens with one attached hydrogen (secondary N) is 10. The van der Waals surface area contributed by atoms with Crippen molar-refractivity contribution in [3.05, 3.63) is 58.7 Å². The molecule has 8 heterocycles. The molecule has 0 radical (unpaired) electrons. The van der Waals surface area contributed by atoms with Gasteiger partial charge in [-0.15, -0.1) is 23.5 Å². The number of rotatable bonds is 30. The fraction of sp³-hybridized carbons (Fsp3) is 0.638. The highest BCUT2D eigenvalue weighted by molar-refractivity contribution is 8.77. The maximum absolute atomic E-state index is 15.1. The smallest absolute Gasteiger partial charge is 0.246 e. The Morgan fingerprint density at radius 2 is 0.815 bits per heavy atom. The molecule has 2 aromatic heterocycles. The van der Waals surface area contributed by atoms with E-state index in [4.69, 9.17) is 0 Å². The number of fused-ring (bicyclic) bond motifs is 10. The maximum atomic E-state index is 15.1. The number of amides is 11. The Balaban J connectivity index is 0.803. The van der Waals surface area contributed by atoms with Gasteiger partial charge in [-0.2, -0.15) is 0 Å². The first kappa shape index (κ1) is 108. The highest BCUT2D eigenvalue weighted by Gasteiger charge is 2.48. The number of aromatic nitrogens is 2. The van der Waals surface area contributed by atoms with Crippen LogP contribution in [0.1, 0.15) is 195 Å². The second-order valence-electron chi connectivity index (χ2n) is 36.9. The van der Waals surface area contributed by atoms with Crippen LogP contribution in [0.15, 0.2) is 46.5 Å². The first-order chi connectivity index (χ1) is 64.1. The fourth-order valence-corrected chi connectivity index (χ4v) is 23.7. The van der Waals surface area contributed by atoms with E-state index in [1.165, 1.54) is 84.7 Å². The molecule has 10 rings (SSSR count). The Bertz CT molecular complexity index is 4760. The summed E-state index contributed by atoms with van der Waals surface area (Å²) in [6, 6.07) is -2.01. The van der Waals surface area contributed by atoms with Crippen molar-refractivity contribution in [1.29, 1.82) is 0 Å². The summed E-state index contributed by atoms with van der Waals surface area (Å²) >= 11 is 2.19. The van der Waals surface area contributed by atoms with Crippen molar-refractivity contribution in [3.8, 4) is 0 Å². The molecule has 0 spiro atoms. The van der Waals surface area contributed by atoms with Gasteiger partial charge in [-0.05, 0) is 126 Å². The summed E-state index contributed by atoms with van der Waals surface area (Å²) in [6.07, 6.45) is -5.72. The number of benzene rings is 2. The van der Waals surface area contributed by atoms with E-state index in [1.54, 1.807) is 36.1 Å². The number of aliphatic hydroxyl groups excluding tert-OH is 4. The molecule has 135 heavy (non-hydrogen) atoms. The van der Waals surface area contributed by atoms with Crippen LogP contribution in [0.4, 0.5) is 0 Å². The van der Waals surface area contributed by atoms with Gasteiger partial charge < -0.3 is 87.6 Å². The summed E-state index contributed by atoms with van der Waals surface area (Å²) in [5, 5.41) is 68.2. The number of nitrogens with zero attached hydrogens (tertiary/aromatic N) is 3. The fourth-order valence-electron chi connectivity index (χ4n) is 17.4. The van der Waals surface area contributed by atoms with Crippen molar-refractivity contribution in [3.63, 3.8) is 0 Å². The van der Waals surface area contributed by atoms with Gasteiger partial charge in [0.25, 0.3) is 0 Å². The van der Waals surface area contributed by atoms with Crippen molar-refractivity contribution < 1.29 is 107 Å². The highest BCUT2D eigenvalue weighted by atomic mass is 33.1. The van der Waals surface area contributed by atoms with Gasteiger partial charge in [-0.1, -0.05) is 103 Å². The van der Waals surface area contributed by atoms with Crippen LogP contribution >= 0.6 is 66.7 Å². The lowest BCUT2D eigenvalue weighted by atomic mass is 9.90. The highest BCUT2D eigenvalue weighted by Crippen LogP contribution is 2.39. The lowest BCUT2D eigenvalue weighted by Crippen LogP contribution is -2.57. The van der Waals surface area contributed by atoms with Crippen LogP contribution < -0.4 is 42.5 Å². The maximum Gasteiger partial charge on any atom is 0.246 e. The lowest BCUT2D eigenvalue weighted by molar-refractivity contribution is -0.143. The Labute approximate surface area is 810 Å². The molecule has 41 heteroatoms. The quantitative estimate of drug-likeness (QED) is 0.0245. The zero-order valence-electron chi connectivity index (χ0n) is 78.4. The molecule has 2 aromatic carbocycles. The SMILES string of the molecule is CCC(=O)CCC(=O)N(CCSSCCC(=O)Cc1ccc2[nH]c3c(c2c1)C[C@H]1CC(=O)[C@H](C)NC(=O)[C@@H]2C[C@@H](O)CN2C(=O)[C@@H](CS3)NC(=O)[C@@H](C(C)O)CC(=O)[C@H](C)NC(=O)[C@H](CC(C)CC)NC1=O)CCSSCCC(=O)Cc1ccc2[nH]c3c(c2c1)C[C@@H]1CC(=O)[C@H](C)NC(=O)[C@@H]2C[C@@H](O)CN2C(=O)[C@@H](CS3)NC(=O)[C@@H](C(C)O)CC(=O)[C@H](C)NC(=O)[C@H](CC(C)CC)NC1=O. The first-order valence-electron chi connectivity index (χ1n) is 46.8. The molecule has 11 amide bonds. The van der Waals surface area contributed by atoms with Crippen molar-refractivity contribution >= 4 is 194 Å². The lowest BCUT2D eigenvalue weighted by Gasteiger charge is -2.30. The zero-order chi connectivity index (χ0) is 98.5. The number of ketones is 7. The van der Waals surface area contributed by atoms with E-state index in [-0.39, 0.29) is 143 Å². The summed E-state index contributed by atoms with van der Waals surface area (Å²) in [6.45, 7) is 17.8. The Hall–Kier alpha value is -8.68. The number of thioether (sulfide) groups is 2. The standard InChI is InChI=1S/C94H131N13O22S6/c1-12-47(4)29-72-87(124)95-51(8)80(117)41-64(53(10)108)85(122)101-74-45-130-91-68(35-57(83(120)99-72)37-78(115)49(6)97-89(126)76-39-62(113)43-106(76)93(74)128)66-33-55(15-18-70(66)103-91)31-60(111)21-25-132-134-27-23-105(82(119)20-17-59(110)14-3)24-28-135-133-26-22-61(112)32-56-16-19-71-67(34-56)69-36-58-38-79(116)50(7)98-90(127)77-40-63(114)44-107(77)94(129)75(46-131-92(69)104-71)102-86(123)65(54(11)109)42-81(118)52(9)96-88(125)73(100-84(58)121)30-48(5)13-2/h15-16,18-19,33-34,47-54,57-58,62-65,72-77,103-104,108-109,113-114H,12-14,17,20-32,35-46H2,1-11H3,(H,95,124)(H,96,125)(H,97,126)(H,98,127)(H,99,120)(H,100,121)(H,101,122)(H,102,123)/t47?,48?,49-,50-,51-,52-,53?,54?,57-,58+,62+,63+,64+,65+,72-,73-,74+,75+,76-,77-/m0/s1. The molecular formula is C94H131N13O22S6. The second-order valence-corrected chi connectivity index (χ2v) is 44.3. The average Bonchev–Trinajstić information content (AvgIpc) is 1.62. The van der Waals surface area contributed by atoms with Gasteiger partial charge in [0.15, 0.2) is 23.1 Å². The van der Waals surface area contributed by atoms with E-state index in [2.05, 4.69) is 52.5 Å². The van der Waals surface area contributed by atoms with Gasteiger partial charge in [-0.3, -0.25) is 86.3 Å². The summed E-state index contributed by atoms with van der Waals surface area (Å²) in [4.78, 5) is 268. The van der Waals surface area contributed by atoms with Gasteiger partial charge in [0, 0.05) is 178 Å². The number of hydrogen-bond acceptors (Lipinski definition) is 28. The number of carbonyl (C=O) groups is 18. The van der Waals surface area contributed by atoms with Crippen LogP contribution in [0.2, 0.25) is 0 Å². The Kier molecular flexibility index (Phi) is 40.7. The molecule has 20 atom stereocenters. The van der Waals surface area contributed by atoms with Crippen molar-refractivity contribution in [1.82, 2.24) is 67.2 Å². The first-order valence-corrected chi connectivity index (χ1v) is 53.8. The van der Waals surface area contributed by atoms with E-state index in [9.17, 15) is 97.1 Å². The summed E-state index contributed by atoms with van der Waals surface area (Å²) in [5.74, 6) is -14.5. The number of aliphatic hydroxyl groups is 4. The van der Waals surface area contributed by atoms with Gasteiger partial charge >= 0.3 is 0 Å². The number of aromatic amines is 2. The summed E-state index contributed by atoms with van der Waals surface area (Å²) in [5.41, 5.74) is 3.35. The van der Waals surface area contributed by atoms with E-state index in [1.807, 2.05) is 39.8 Å². The molecule has 6 aliphatic heterocycles. The Morgan fingerprint density at radius 1 is 0.444 bits per heavy atom. The minimum atomic E-state index is -1.45. The third kappa shape index (κ3) is 29.9. The average molecular weight is 1990 g/mol. The van der Waals surface area contributed by atoms with Crippen LogP contribution in [0.5, 0.6) is 0 Å². The molecule has 0 aliphatic carbocycles. The summed E-state index contributed by atoms with van der Waals surface area (Å²) in [7, 11) is 5.88. The van der Waals surface area contributed by atoms with E-state index < -0.39 is 216 Å². The molecule has 35 nitrogen and oxygen atoms in total. The molecular weight excluding hydrogens is 1860 g/mol. The molecule has 4 aromatic rings. The molecule has 6 aliphatic rings. The van der Waals surface area contributed by atoms with Crippen LogP contribution in [-0.2, 0) is 112 Å². The van der Waals surface area contributed by atoms with Crippen molar-refractivity contribution in [2.75, 3.05) is 60.7 Å².